The van der Waals surface area contributed by atoms with Crippen LogP contribution in [0.4, 0.5) is 5.69 Å². The van der Waals surface area contributed by atoms with Crippen LogP contribution in [0.5, 0.6) is 0 Å². The number of benzene rings is 1. The van der Waals surface area contributed by atoms with Crippen molar-refractivity contribution in [3.63, 3.8) is 0 Å². The highest BCUT2D eigenvalue weighted by Crippen LogP contribution is 2.42. The van der Waals surface area contributed by atoms with Gasteiger partial charge in [-0.3, -0.25) is 0 Å². The molecule has 0 amide bonds. The fraction of sp³-hybridized carbons (Fsp3) is 0.667. The van der Waals surface area contributed by atoms with Crippen LogP contribution in [-0.4, -0.2) is 24.7 Å². The topological polar surface area (TPSA) is 15.3 Å². The fourth-order valence-corrected chi connectivity index (χ4v) is 4.37. The molecule has 2 unspecified atom stereocenters. The van der Waals surface area contributed by atoms with Crippen molar-refractivity contribution >= 4 is 5.69 Å². The number of para-hydroxylation sites is 1. The Balaban J connectivity index is 1.89. The second-order valence-electron chi connectivity index (χ2n) is 6.45. The monoisotopic (exact) mass is 272 g/mol. The van der Waals surface area contributed by atoms with E-state index < -0.39 is 0 Å². The third kappa shape index (κ3) is 2.35. The Labute approximate surface area is 123 Å². The Morgan fingerprint density at radius 3 is 2.45 bits per heavy atom. The summed E-state index contributed by atoms with van der Waals surface area (Å²) in [4.78, 5) is 2.78. The van der Waals surface area contributed by atoms with Crippen molar-refractivity contribution in [3.05, 3.63) is 29.3 Å². The first-order valence-corrected chi connectivity index (χ1v) is 8.34. The Morgan fingerprint density at radius 2 is 1.85 bits per heavy atom. The first-order valence-electron chi connectivity index (χ1n) is 8.34. The molecule has 1 aromatic carbocycles. The Morgan fingerprint density at radius 1 is 1.15 bits per heavy atom. The van der Waals surface area contributed by atoms with Gasteiger partial charge >= 0.3 is 0 Å². The third-order valence-electron chi connectivity index (χ3n) is 5.19. The minimum absolute atomic E-state index is 0.739. The summed E-state index contributed by atoms with van der Waals surface area (Å²) in [6.45, 7) is 7.90. The zero-order valence-electron chi connectivity index (χ0n) is 13.2. The number of nitrogens with zero attached hydrogens (tertiary/aromatic N) is 1. The molecule has 2 aliphatic heterocycles. The molecule has 20 heavy (non-hydrogen) atoms. The van der Waals surface area contributed by atoms with Crippen molar-refractivity contribution < 1.29 is 0 Å². The molecule has 2 heterocycles. The van der Waals surface area contributed by atoms with Crippen LogP contribution in [0.1, 0.15) is 50.7 Å². The van der Waals surface area contributed by atoms with E-state index in [0.29, 0.717) is 0 Å². The smallest absolute Gasteiger partial charge is 0.0433 e. The first-order chi connectivity index (χ1) is 9.74. The van der Waals surface area contributed by atoms with E-state index in [9.17, 15) is 0 Å². The molecular weight excluding hydrogens is 244 g/mol. The SMILES string of the molecule is CCNC1CC2CCC(C1)N2c1c(C)cccc1CC. The van der Waals surface area contributed by atoms with Crippen LogP contribution < -0.4 is 10.2 Å². The summed E-state index contributed by atoms with van der Waals surface area (Å²) in [7, 11) is 0. The van der Waals surface area contributed by atoms with E-state index in [1.165, 1.54) is 36.8 Å². The van der Waals surface area contributed by atoms with E-state index in [1.54, 1.807) is 5.69 Å². The van der Waals surface area contributed by atoms with Gasteiger partial charge in [0.2, 0.25) is 0 Å². The average Bonchev–Trinajstić information content (AvgIpc) is 2.69. The zero-order valence-corrected chi connectivity index (χ0v) is 13.2. The Kier molecular flexibility index (Phi) is 4.02. The predicted molar refractivity (Wildman–Crippen MR) is 86.5 cm³/mol. The molecule has 2 aliphatic rings. The van der Waals surface area contributed by atoms with Crippen molar-refractivity contribution in [2.45, 2.75) is 71.0 Å². The van der Waals surface area contributed by atoms with E-state index in [2.05, 4.69) is 49.2 Å². The molecule has 0 aromatic heterocycles. The largest absolute Gasteiger partial charge is 0.365 e. The minimum Gasteiger partial charge on any atom is -0.365 e. The minimum atomic E-state index is 0.739. The van der Waals surface area contributed by atoms with Crippen molar-refractivity contribution in [1.82, 2.24) is 5.32 Å². The first kappa shape index (κ1) is 13.9. The molecule has 110 valence electrons. The number of fused-ring (bicyclic) bond motifs is 2. The summed E-state index contributed by atoms with van der Waals surface area (Å²) in [5.41, 5.74) is 4.55. The van der Waals surface area contributed by atoms with Gasteiger partial charge in [0.15, 0.2) is 0 Å². The Bertz CT molecular complexity index is 454. The van der Waals surface area contributed by atoms with Crippen LogP contribution in [0.25, 0.3) is 0 Å². The van der Waals surface area contributed by atoms with Crippen LogP contribution in [0, 0.1) is 6.92 Å². The lowest BCUT2D eigenvalue weighted by Gasteiger charge is -2.42. The average molecular weight is 272 g/mol. The van der Waals surface area contributed by atoms with Gasteiger partial charge in [-0.15, -0.1) is 0 Å². The lowest BCUT2D eigenvalue weighted by Crippen LogP contribution is -2.49. The second-order valence-corrected chi connectivity index (χ2v) is 6.45. The van der Waals surface area contributed by atoms with Gasteiger partial charge in [-0.25, -0.2) is 0 Å². The van der Waals surface area contributed by atoms with E-state index in [1.807, 2.05) is 0 Å². The highest BCUT2D eigenvalue weighted by Gasteiger charge is 2.41. The van der Waals surface area contributed by atoms with Crippen molar-refractivity contribution in [1.29, 1.82) is 0 Å². The van der Waals surface area contributed by atoms with Gasteiger partial charge in [0, 0.05) is 23.8 Å². The van der Waals surface area contributed by atoms with Crippen LogP contribution in [0.15, 0.2) is 18.2 Å². The van der Waals surface area contributed by atoms with E-state index in [4.69, 9.17) is 0 Å². The van der Waals surface area contributed by atoms with Gasteiger partial charge in [-0.2, -0.15) is 0 Å². The lowest BCUT2D eigenvalue weighted by molar-refractivity contribution is 0.361. The van der Waals surface area contributed by atoms with Crippen LogP contribution in [-0.2, 0) is 6.42 Å². The molecule has 2 heteroatoms. The number of nitrogens with one attached hydrogen (secondary N) is 1. The molecule has 1 N–H and O–H groups in total. The quantitative estimate of drug-likeness (QED) is 0.899. The van der Waals surface area contributed by atoms with Gasteiger partial charge < -0.3 is 10.2 Å². The summed E-state index contributed by atoms with van der Waals surface area (Å²) in [5.74, 6) is 0. The molecule has 2 fully saturated rings. The summed E-state index contributed by atoms with van der Waals surface area (Å²) >= 11 is 0. The normalized spacial score (nSPS) is 28.9. The Hall–Kier alpha value is -1.02. The number of anilines is 1. The standard InChI is InChI=1S/C18H28N2/c1-4-14-8-6-7-13(3)18(14)20-16-9-10-17(20)12-15(11-16)19-5-2/h6-8,15-17,19H,4-5,9-12H2,1-3H3. The molecule has 2 atom stereocenters. The van der Waals surface area contributed by atoms with Crippen LogP contribution in [0.2, 0.25) is 0 Å². The van der Waals surface area contributed by atoms with Crippen molar-refractivity contribution in [3.8, 4) is 0 Å². The molecule has 2 nitrogen and oxygen atoms in total. The zero-order chi connectivity index (χ0) is 14.1. The lowest BCUT2D eigenvalue weighted by atomic mass is 9.94. The van der Waals surface area contributed by atoms with Crippen LogP contribution >= 0.6 is 0 Å². The highest BCUT2D eigenvalue weighted by molar-refractivity contribution is 5.62. The van der Waals surface area contributed by atoms with Crippen molar-refractivity contribution in [2.24, 2.45) is 0 Å². The number of hydrogen-bond acceptors (Lipinski definition) is 2. The number of piperidine rings is 1. The van der Waals surface area contributed by atoms with E-state index in [-0.39, 0.29) is 0 Å². The molecule has 2 saturated heterocycles. The van der Waals surface area contributed by atoms with Gasteiger partial charge in [-0.05, 0) is 56.7 Å². The van der Waals surface area contributed by atoms with Gasteiger partial charge in [0.05, 0.1) is 0 Å². The van der Waals surface area contributed by atoms with E-state index >= 15 is 0 Å². The summed E-state index contributed by atoms with van der Waals surface area (Å²) in [6, 6.07) is 9.06. The molecule has 1 aromatic rings. The van der Waals surface area contributed by atoms with Gasteiger partial charge in [0.1, 0.15) is 0 Å². The number of rotatable bonds is 4. The molecular formula is C18H28N2. The van der Waals surface area contributed by atoms with Crippen LogP contribution in [0.3, 0.4) is 0 Å². The molecule has 0 saturated carbocycles. The summed E-state index contributed by atoms with van der Waals surface area (Å²) in [6.07, 6.45) is 6.54. The maximum Gasteiger partial charge on any atom is 0.0433 e. The maximum atomic E-state index is 3.67. The molecule has 2 bridgehead atoms. The molecule has 3 rings (SSSR count). The number of aryl methyl sites for hydroxylation is 2. The van der Waals surface area contributed by atoms with Gasteiger partial charge in [-0.1, -0.05) is 32.0 Å². The molecule has 0 spiro atoms. The fourth-order valence-electron chi connectivity index (χ4n) is 4.37. The van der Waals surface area contributed by atoms with E-state index in [0.717, 1.165) is 31.1 Å². The number of hydrogen-bond donors (Lipinski definition) is 1. The molecule has 0 aliphatic carbocycles. The summed E-state index contributed by atoms with van der Waals surface area (Å²) in [5, 5.41) is 3.67. The predicted octanol–water partition coefficient (Wildman–Crippen LogP) is 3.67. The third-order valence-corrected chi connectivity index (χ3v) is 5.19. The van der Waals surface area contributed by atoms with Crippen molar-refractivity contribution in [2.75, 3.05) is 11.4 Å². The highest BCUT2D eigenvalue weighted by atomic mass is 15.2. The maximum absolute atomic E-state index is 3.67. The molecule has 0 radical (unpaired) electrons. The summed E-state index contributed by atoms with van der Waals surface area (Å²) < 4.78 is 0. The van der Waals surface area contributed by atoms with Gasteiger partial charge in [0.25, 0.3) is 0 Å². The second kappa shape index (κ2) is 5.77.